The van der Waals surface area contributed by atoms with Gasteiger partial charge in [0.05, 0.1) is 0 Å². The van der Waals surface area contributed by atoms with Gasteiger partial charge in [0, 0.05) is 30.7 Å². The lowest BCUT2D eigenvalue weighted by Crippen LogP contribution is -2.50. The van der Waals surface area contributed by atoms with Gasteiger partial charge in [-0.15, -0.1) is 0 Å². The molecule has 3 N–H and O–H groups in total. The van der Waals surface area contributed by atoms with E-state index in [9.17, 15) is 0 Å². The summed E-state index contributed by atoms with van der Waals surface area (Å²) in [6, 6.07) is 0. The molecule has 0 atom stereocenters. The van der Waals surface area contributed by atoms with E-state index in [1.807, 2.05) is 0 Å². The summed E-state index contributed by atoms with van der Waals surface area (Å²) in [5.41, 5.74) is 1.82. The lowest BCUT2D eigenvalue weighted by atomic mass is 9.83. The number of hydrogen-bond donors (Lipinski definition) is 3. The van der Waals surface area contributed by atoms with E-state index < -0.39 is 0 Å². The summed E-state index contributed by atoms with van der Waals surface area (Å²) in [6.07, 6.45) is 10.1. The van der Waals surface area contributed by atoms with Crippen LogP contribution in [0, 0.1) is 5.41 Å². The summed E-state index contributed by atoms with van der Waals surface area (Å²) < 4.78 is 0. The topological polar surface area (TPSA) is 36.1 Å². The lowest BCUT2D eigenvalue weighted by Gasteiger charge is -2.37. The number of nitrogens with one attached hydrogen (secondary N) is 3. The molecule has 20 heavy (non-hydrogen) atoms. The standard InChI is InChI=1S/C17H35N3/c1-4-6-10-18-11-8-7-9-12-20-16(5-2)13-17(3)14-19-15-17/h13,18-20H,4-12,14-15H2,1-3H3/b16-13+. The predicted molar refractivity (Wildman–Crippen MR) is 89.0 cm³/mol. The largest absolute Gasteiger partial charge is 0.389 e. The first-order valence-electron chi connectivity index (χ1n) is 8.57. The minimum absolute atomic E-state index is 0.390. The maximum atomic E-state index is 3.62. The zero-order chi connectivity index (χ0) is 14.7. The molecule has 0 amide bonds. The molecule has 1 heterocycles. The van der Waals surface area contributed by atoms with Crippen LogP contribution in [0.4, 0.5) is 0 Å². The average molecular weight is 281 g/mol. The third kappa shape index (κ3) is 7.30. The first-order valence-corrected chi connectivity index (χ1v) is 8.57. The van der Waals surface area contributed by atoms with Crippen LogP contribution in [0.1, 0.15) is 59.3 Å². The smallest absolute Gasteiger partial charge is 0.0143 e. The van der Waals surface area contributed by atoms with Gasteiger partial charge in [0.25, 0.3) is 0 Å². The van der Waals surface area contributed by atoms with Crippen molar-refractivity contribution in [3.8, 4) is 0 Å². The second kappa shape index (κ2) is 10.2. The molecular weight excluding hydrogens is 246 g/mol. The molecule has 1 rings (SSSR count). The van der Waals surface area contributed by atoms with E-state index in [-0.39, 0.29) is 0 Å². The highest BCUT2D eigenvalue weighted by molar-refractivity contribution is 5.11. The first kappa shape index (κ1) is 17.5. The summed E-state index contributed by atoms with van der Waals surface area (Å²) in [5, 5.41) is 10.5. The van der Waals surface area contributed by atoms with Gasteiger partial charge in [-0.05, 0) is 38.8 Å². The highest BCUT2D eigenvalue weighted by atomic mass is 15.0. The predicted octanol–water partition coefficient (Wildman–Crippen LogP) is 3.04. The van der Waals surface area contributed by atoms with Gasteiger partial charge in [-0.2, -0.15) is 0 Å². The van der Waals surface area contributed by atoms with Crippen molar-refractivity contribution in [1.82, 2.24) is 16.0 Å². The summed E-state index contributed by atoms with van der Waals surface area (Å²) in [4.78, 5) is 0. The van der Waals surface area contributed by atoms with Gasteiger partial charge in [0.15, 0.2) is 0 Å². The Morgan fingerprint density at radius 2 is 1.75 bits per heavy atom. The van der Waals surface area contributed by atoms with Crippen molar-refractivity contribution in [3.63, 3.8) is 0 Å². The Morgan fingerprint density at radius 3 is 2.35 bits per heavy atom. The van der Waals surface area contributed by atoms with E-state index in [0.29, 0.717) is 5.41 Å². The molecule has 0 aromatic rings. The monoisotopic (exact) mass is 281 g/mol. The third-order valence-corrected chi connectivity index (χ3v) is 4.05. The second-order valence-corrected chi connectivity index (χ2v) is 6.37. The number of unbranched alkanes of at least 4 members (excludes halogenated alkanes) is 3. The Bertz CT molecular complexity index is 269. The highest BCUT2D eigenvalue weighted by Gasteiger charge is 2.29. The fraction of sp³-hybridized carbons (Fsp3) is 0.882. The maximum Gasteiger partial charge on any atom is 0.0143 e. The zero-order valence-electron chi connectivity index (χ0n) is 13.9. The normalized spacial score (nSPS) is 17.9. The van der Waals surface area contributed by atoms with Crippen LogP contribution in [0.15, 0.2) is 11.8 Å². The summed E-state index contributed by atoms with van der Waals surface area (Å²) in [6.45, 7) is 12.6. The van der Waals surface area contributed by atoms with Crippen molar-refractivity contribution >= 4 is 0 Å². The van der Waals surface area contributed by atoms with E-state index in [1.165, 1.54) is 50.9 Å². The van der Waals surface area contributed by atoms with E-state index in [4.69, 9.17) is 0 Å². The van der Waals surface area contributed by atoms with Gasteiger partial charge in [-0.3, -0.25) is 0 Å². The molecule has 1 aliphatic rings. The van der Waals surface area contributed by atoms with Gasteiger partial charge in [-0.1, -0.05) is 39.7 Å². The Balaban J connectivity index is 1.99. The second-order valence-electron chi connectivity index (χ2n) is 6.37. The van der Waals surface area contributed by atoms with Crippen molar-refractivity contribution in [2.45, 2.75) is 59.3 Å². The zero-order valence-corrected chi connectivity index (χ0v) is 13.9. The van der Waals surface area contributed by atoms with E-state index in [2.05, 4.69) is 42.8 Å². The minimum Gasteiger partial charge on any atom is -0.389 e. The molecule has 1 aliphatic heterocycles. The molecule has 0 radical (unpaired) electrons. The average Bonchev–Trinajstić information content (AvgIpc) is 2.42. The van der Waals surface area contributed by atoms with E-state index in [1.54, 1.807) is 0 Å². The number of allylic oxidation sites excluding steroid dienone is 1. The Hall–Kier alpha value is -0.540. The molecule has 0 aromatic carbocycles. The minimum atomic E-state index is 0.390. The number of hydrogen-bond acceptors (Lipinski definition) is 3. The maximum absolute atomic E-state index is 3.62. The molecule has 1 fully saturated rings. The quantitative estimate of drug-likeness (QED) is 0.481. The summed E-state index contributed by atoms with van der Waals surface area (Å²) >= 11 is 0. The Morgan fingerprint density at radius 1 is 1.05 bits per heavy atom. The van der Waals surface area contributed by atoms with Crippen LogP contribution in [0.3, 0.4) is 0 Å². The van der Waals surface area contributed by atoms with Gasteiger partial charge >= 0.3 is 0 Å². The van der Waals surface area contributed by atoms with Crippen molar-refractivity contribution in [2.75, 3.05) is 32.7 Å². The van der Waals surface area contributed by atoms with E-state index in [0.717, 1.165) is 26.1 Å². The molecule has 0 unspecified atom stereocenters. The molecule has 3 nitrogen and oxygen atoms in total. The van der Waals surface area contributed by atoms with Gasteiger partial charge in [0.1, 0.15) is 0 Å². The van der Waals surface area contributed by atoms with Crippen LogP contribution in [0.2, 0.25) is 0 Å². The van der Waals surface area contributed by atoms with Crippen LogP contribution < -0.4 is 16.0 Å². The van der Waals surface area contributed by atoms with Crippen molar-refractivity contribution in [1.29, 1.82) is 0 Å². The van der Waals surface area contributed by atoms with Crippen LogP contribution in [-0.4, -0.2) is 32.7 Å². The van der Waals surface area contributed by atoms with Crippen LogP contribution >= 0.6 is 0 Å². The Kier molecular flexibility index (Phi) is 8.95. The van der Waals surface area contributed by atoms with Crippen LogP contribution in [-0.2, 0) is 0 Å². The van der Waals surface area contributed by atoms with Crippen LogP contribution in [0.25, 0.3) is 0 Å². The van der Waals surface area contributed by atoms with Crippen molar-refractivity contribution < 1.29 is 0 Å². The summed E-state index contributed by atoms with van der Waals surface area (Å²) in [5.74, 6) is 0. The fourth-order valence-electron chi connectivity index (χ4n) is 2.55. The highest BCUT2D eigenvalue weighted by Crippen LogP contribution is 2.24. The van der Waals surface area contributed by atoms with Gasteiger partial charge in [0.2, 0.25) is 0 Å². The molecule has 1 saturated heterocycles. The molecule has 118 valence electrons. The molecule has 0 bridgehead atoms. The number of rotatable bonds is 12. The fourth-order valence-corrected chi connectivity index (χ4v) is 2.55. The molecule has 3 heteroatoms. The summed E-state index contributed by atoms with van der Waals surface area (Å²) in [7, 11) is 0. The third-order valence-electron chi connectivity index (χ3n) is 4.05. The lowest BCUT2D eigenvalue weighted by molar-refractivity contribution is 0.266. The van der Waals surface area contributed by atoms with E-state index >= 15 is 0 Å². The van der Waals surface area contributed by atoms with Gasteiger partial charge < -0.3 is 16.0 Å². The van der Waals surface area contributed by atoms with Gasteiger partial charge in [-0.25, -0.2) is 0 Å². The first-order chi connectivity index (χ1) is 9.70. The molecule has 0 aliphatic carbocycles. The molecule has 0 spiro atoms. The molecule has 0 aromatic heterocycles. The van der Waals surface area contributed by atoms with Crippen LogP contribution in [0.5, 0.6) is 0 Å². The molecule has 0 saturated carbocycles. The molecular formula is C17H35N3. The van der Waals surface area contributed by atoms with Crippen molar-refractivity contribution in [3.05, 3.63) is 11.8 Å². The Labute approximate surface area is 126 Å². The SMILES string of the molecule is CCCCNCCCCCN/C(=C/C1(C)CNC1)CC. The van der Waals surface area contributed by atoms with Crippen molar-refractivity contribution in [2.24, 2.45) is 5.41 Å².